The summed E-state index contributed by atoms with van der Waals surface area (Å²) in [7, 11) is 3.21. The minimum absolute atomic E-state index is 0.256. The lowest BCUT2D eigenvalue weighted by Crippen LogP contribution is -2.31. The number of benzene rings is 3. The number of ether oxygens (including phenoxy) is 3. The monoisotopic (exact) mass is 585 g/mol. The maximum absolute atomic E-state index is 13.9. The number of aryl methyl sites for hydroxylation is 2. The summed E-state index contributed by atoms with van der Waals surface area (Å²) in [5, 5.41) is 11.8. The number of amides is 1. The summed E-state index contributed by atoms with van der Waals surface area (Å²) in [4.78, 5) is 18.7. The smallest absolute Gasteiger partial charge is 0.255 e. The Morgan fingerprint density at radius 2 is 1.79 bits per heavy atom. The second kappa shape index (κ2) is 12.6. The highest BCUT2D eigenvalue weighted by Crippen LogP contribution is 2.40. The first-order valence-corrected chi connectivity index (χ1v) is 14.7. The summed E-state index contributed by atoms with van der Waals surface area (Å²) in [5.74, 6) is 2.95. The molecule has 5 rings (SSSR count). The average Bonchev–Trinajstić information content (AvgIpc) is 3.39. The molecule has 0 bridgehead atoms. The third-order valence-corrected chi connectivity index (χ3v) is 7.97. The van der Waals surface area contributed by atoms with Gasteiger partial charge in [0.25, 0.3) is 5.91 Å². The van der Waals surface area contributed by atoms with Gasteiger partial charge < -0.3 is 24.8 Å². The van der Waals surface area contributed by atoms with Crippen LogP contribution in [0.1, 0.15) is 42.1 Å². The third kappa shape index (κ3) is 6.08. The summed E-state index contributed by atoms with van der Waals surface area (Å²) in [6.07, 6.45) is 0. The van der Waals surface area contributed by atoms with E-state index in [1.54, 1.807) is 54.9 Å². The van der Waals surface area contributed by atoms with Crippen LogP contribution in [-0.2, 0) is 10.5 Å². The molecule has 0 fully saturated rings. The topological polar surface area (TPSA) is 99.5 Å². The number of methoxy groups -OCH3 is 2. The number of hydrogen-bond donors (Lipinski definition) is 2. The number of fused-ring (bicyclic) bond motifs is 1. The van der Waals surface area contributed by atoms with Gasteiger partial charge in [-0.3, -0.25) is 4.79 Å². The minimum atomic E-state index is -0.563. The zero-order chi connectivity index (χ0) is 29.8. The Labute approximate surface area is 250 Å². The second-order valence-corrected chi connectivity index (χ2v) is 10.9. The van der Waals surface area contributed by atoms with Crippen LogP contribution < -0.4 is 24.8 Å². The number of carbonyl (C=O) groups is 1. The van der Waals surface area contributed by atoms with Crippen LogP contribution in [0.5, 0.6) is 17.2 Å². The maximum Gasteiger partial charge on any atom is 0.255 e. The summed E-state index contributed by atoms with van der Waals surface area (Å²) >= 11 is 1.56. The van der Waals surface area contributed by atoms with Gasteiger partial charge in [-0.15, -0.1) is 5.10 Å². The van der Waals surface area contributed by atoms with E-state index < -0.39 is 6.04 Å². The predicted molar refractivity (Wildman–Crippen MR) is 166 cm³/mol. The summed E-state index contributed by atoms with van der Waals surface area (Å²) in [5.41, 5.74) is 6.36. The van der Waals surface area contributed by atoms with Crippen molar-refractivity contribution in [2.75, 3.05) is 31.5 Å². The molecule has 1 atom stereocenters. The van der Waals surface area contributed by atoms with Crippen LogP contribution in [0.4, 0.5) is 11.6 Å². The first-order chi connectivity index (χ1) is 20.3. The number of thioether (sulfide) groups is 1. The molecule has 9 nitrogen and oxygen atoms in total. The zero-order valence-corrected chi connectivity index (χ0v) is 25.5. The molecule has 4 aromatic rings. The number of anilines is 2. The van der Waals surface area contributed by atoms with E-state index in [1.807, 2.05) is 32.0 Å². The Kier molecular flexibility index (Phi) is 8.72. The molecule has 0 aliphatic carbocycles. The molecule has 2 N–H and O–H groups in total. The molecule has 42 heavy (non-hydrogen) atoms. The number of allylic oxidation sites excluding steroid dienone is 1. The molecule has 0 saturated carbocycles. The number of nitrogens with one attached hydrogen (secondary N) is 2. The molecule has 1 amide bonds. The van der Waals surface area contributed by atoms with Crippen molar-refractivity contribution in [3.63, 3.8) is 0 Å². The van der Waals surface area contributed by atoms with Crippen LogP contribution in [0.25, 0.3) is 0 Å². The van der Waals surface area contributed by atoms with E-state index in [1.165, 1.54) is 16.7 Å². The van der Waals surface area contributed by atoms with Crippen molar-refractivity contribution in [1.29, 1.82) is 0 Å². The first-order valence-electron chi connectivity index (χ1n) is 13.7. The van der Waals surface area contributed by atoms with Crippen LogP contribution in [-0.4, -0.2) is 41.5 Å². The fourth-order valence-corrected chi connectivity index (χ4v) is 5.85. The maximum atomic E-state index is 13.9. The van der Waals surface area contributed by atoms with Crippen molar-refractivity contribution < 1.29 is 19.0 Å². The zero-order valence-electron chi connectivity index (χ0n) is 24.6. The first kappa shape index (κ1) is 29.1. The van der Waals surface area contributed by atoms with E-state index in [0.717, 1.165) is 11.3 Å². The van der Waals surface area contributed by atoms with Crippen molar-refractivity contribution in [3.05, 3.63) is 94.2 Å². The van der Waals surface area contributed by atoms with Crippen molar-refractivity contribution in [2.45, 2.75) is 44.6 Å². The second-order valence-electron chi connectivity index (χ2n) is 9.97. The molecule has 218 valence electrons. The van der Waals surface area contributed by atoms with Crippen LogP contribution >= 0.6 is 11.8 Å². The lowest BCUT2D eigenvalue weighted by Gasteiger charge is -2.29. The number of rotatable bonds is 10. The van der Waals surface area contributed by atoms with E-state index in [4.69, 9.17) is 24.3 Å². The van der Waals surface area contributed by atoms with Gasteiger partial charge >= 0.3 is 0 Å². The standard InChI is InChI=1S/C32H35N5O4S/c1-7-41-26-15-10-22(17-27(26)40-6)29-28(30(38)34-24-11-13-25(39-5)14-12-24)21(4)33-31-35-32(36-37(29)31)42-18-23-9-8-19(2)16-20(23)3/h8-17,29H,7,18H2,1-6H3,(H,34,38)(H,33,35,36)/t29-/m1/s1. The molecule has 1 aliphatic heterocycles. The average molecular weight is 586 g/mol. The Hall–Kier alpha value is -4.44. The van der Waals surface area contributed by atoms with Crippen LogP contribution in [0, 0.1) is 13.8 Å². The lowest BCUT2D eigenvalue weighted by molar-refractivity contribution is -0.113. The van der Waals surface area contributed by atoms with Gasteiger partial charge in [0.1, 0.15) is 11.8 Å². The highest BCUT2D eigenvalue weighted by atomic mass is 32.2. The van der Waals surface area contributed by atoms with Gasteiger partial charge in [0.2, 0.25) is 11.1 Å². The molecule has 3 aromatic carbocycles. The molecule has 0 radical (unpaired) electrons. The highest BCUT2D eigenvalue weighted by Gasteiger charge is 2.35. The van der Waals surface area contributed by atoms with Crippen LogP contribution in [0.15, 0.2) is 77.1 Å². The Bertz CT molecular complexity index is 1630. The predicted octanol–water partition coefficient (Wildman–Crippen LogP) is 6.53. The molecule has 1 aromatic heterocycles. The fourth-order valence-electron chi connectivity index (χ4n) is 4.95. The van der Waals surface area contributed by atoms with Crippen molar-refractivity contribution in [2.24, 2.45) is 0 Å². The normalized spacial score (nSPS) is 14.2. The Balaban J connectivity index is 1.51. The van der Waals surface area contributed by atoms with E-state index in [2.05, 4.69) is 42.7 Å². The van der Waals surface area contributed by atoms with E-state index in [9.17, 15) is 4.79 Å². The lowest BCUT2D eigenvalue weighted by atomic mass is 9.94. The molecular weight excluding hydrogens is 550 g/mol. The molecule has 1 aliphatic rings. The summed E-state index contributed by atoms with van der Waals surface area (Å²) in [6, 6.07) is 18.8. The molecule has 0 spiro atoms. The molecule has 2 heterocycles. The van der Waals surface area contributed by atoms with E-state index in [-0.39, 0.29) is 5.91 Å². The number of nitrogens with zero attached hydrogens (tertiary/aromatic N) is 3. The SMILES string of the molecule is CCOc1ccc([C@@H]2C(C(=O)Nc3ccc(OC)cc3)=C(C)Nc3nc(SCc4ccc(C)cc4C)nn32)cc1OC. The number of carbonyl (C=O) groups excluding carboxylic acids is 1. The molecule has 0 saturated heterocycles. The quantitative estimate of drug-likeness (QED) is 0.203. The molecule has 0 unspecified atom stereocenters. The minimum Gasteiger partial charge on any atom is -0.497 e. The van der Waals surface area contributed by atoms with Gasteiger partial charge in [0, 0.05) is 17.1 Å². The van der Waals surface area contributed by atoms with Gasteiger partial charge in [-0.25, -0.2) is 4.68 Å². The summed E-state index contributed by atoms with van der Waals surface area (Å²) < 4.78 is 18.4. The fraction of sp³-hybridized carbons (Fsp3) is 0.281. The van der Waals surface area contributed by atoms with Crippen LogP contribution in [0.3, 0.4) is 0 Å². The Morgan fingerprint density at radius 1 is 1.00 bits per heavy atom. The van der Waals surface area contributed by atoms with Gasteiger partial charge in [-0.2, -0.15) is 4.98 Å². The van der Waals surface area contributed by atoms with Gasteiger partial charge in [-0.05, 0) is 80.8 Å². The Morgan fingerprint density at radius 3 is 2.48 bits per heavy atom. The van der Waals surface area contributed by atoms with Crippen LogP contribution in [0.2, 0.25) is 0 Å². The molecule has 10 heteroatoms. The molecular formula is C32H35N5O4S. The van der Waals surface area contributed by atoms with Gasteiger partial charge in [-0.1, -0.05) is 41.6 Å². The van der Waals surface area contributed by atoms with E-state index >= 15 is 0 Å². The largest absolute Gasteiger partial charge is 0.497 e. The van der Waals surface area contributed by atoms with Crippen molar-refractivity contribution in [3.8, 4) is 17.2 Å². The summed E-state index contributed by atoms with van der Waals surface area (Å²) in [6.45, 7) is 8.52. The van der Waals surface area contributed by atoms with Crippen molar-refractivity contribution in [1.82, 2.24) is 14.8 Å². The van der Waals surface area contributed by atoms with Gasteiger partial charge in [0.05, 0.1) is 26.4 Å². The number of aromatic nitrogens is 3. The number of hydrogen-bond acceptors (Lipinski definition) is 8. The van der Waals surface area contributed by atoms with Crippen molar-refractivity contribution >= 4 is 29.3 Å². The third-order valence-electron chi connectivity index (χ3n) is 7.08. The highest BCUT2D eigenvalue weighted by molar-refractivity contribution is 7.98. The van der Waals surface area contributed by atoms with Gasteiger partial charge in [0.15, 0.2) is 11.5 Å². The van der Waals surface area contributed by atoms with E-state index in [0.29, 0.717) is 51.9 Å².